The fourth-order valence-electron chi connectivity index (χ4n) is 4.28. The molecule has 5 heterocycles. The van der Waals surface area contributed by atoms with Crippen LogP contribution in [0.1, 0.15) is 23.2 Å². The Morgan fingerprint density at radius 3 is 2.65 bits per heavy atom. The molecule has 0 atom stereocenters. The predicted molar refractivity (Wildman–Crippen MR) is 126 cm³/mol. The van der Waals surface area contributed by atoms with Gasteiger partial charge in [0.25, 0.3) is 11.9 Å². The molecule has 5 rings (SSSR count). The van der Waals surface area contributed by atoms with Gasteiger partial charge in [-0.05, 0) is 25.0 Å². The van der Waals surface area contributed by atoms with Gasteiger partial charge in [-0.3, -0.25) is 4.79 Å². The van der Waals surface area contributed by atoms with Crippen molar-refractivity contribution in [3.05, 3.63) is 30.0 Å². The Hall–Kier alpha value is -3.44. The topological polar surface area (TPSA) is 115 Å². The molecular weight excluding hydrogens is 440 g/mol. The third kappa shape index (κ3) is 4.48. The molecule has 2 fully saturated rings. The highest BCUT2D eigenvalue weighted by Crippen LogP contribution is 2.31. The first-order valence-corrected chi connectivity index (χ1v) is 11.4. The lowest BCUT2D eigenvalue weighted by Gasteiger charge is -2.32. The largest absolute Gasteiger partial charge is 0.480 e. The Labute approximate surface area is 197 Å². The smallest absolute Gasteiger partial charge is 0.300 e. The summed E-state index contributed by atoms with van der Waals surface area (Å²) in [5.41, 5.74) is 1.81. The van der Waals surface area contributed by atoms with Crippen LogP contribution in [0.3, 0.4) is 0 Å². The van der Waals surface area contributed by atoms with E-state index in [1.54, 1.807) is 31.5 Å². The summed E-state index contributed by atoms with van der Waals surface area (Å²) in [6.07, 6.45) is 3.52. The number of morpholine rings is 1. The molecule has 2 saturated heterocycles. The summed E-state index contributed by atoms with van der Waals surface area (Å²) in [5, 5.41) is 2.91. The van der Waals surface area contributed by atoms with E-state index < -0.39 is 0 Å². The number of piperidine rings is 1. The molecule has 0 saturated carbocycles. The standard InChI is InChI=1S/C23H28N6O5/c1-31-15-5-8-28(9-6-15)20-16(21(30)25-17-4-3-7-24-22(17)32-2)14-18-19(26-20)27-23(34-18)29-10-12-33-13-11-29/h3-4,7,14-15H,5-6,8-13H2,1-2H3,(H,25,30). The zero-order chi connectivity index (χ0) is 23.5. The number of pyridine rings is 2. The highest BCUT2D eigenvalue weighted by Gasteiger charge is 2.27. The summed E-state index contributed by atoms with van der Waals surface area (Å²) < 4.78 is 22.2. The fraction of sp³-hybridized carbons (Fsp3) is 0.478. The third-order valence-corrected chi connectivity index (χ3v) is 6.17. The van der Waals surface area contributed by atoms with Gasteiger partial charge in [-0.25, -0.2) is 9.97 Å². The van der Waals surface area contributed by atoms with Crippen molar-refractivity contribution in [3.63, 3.8) is 0 Å². The maximum atomic E-state index is 13.4. The van der Waals surface area contributed by atoms with E-state index in [1.807, 2.05) is 4.90 Å². The Balaban J connectivity index is 1.51. The van der Waals surface area contributed by atoms with E-state index in [2.05, 4.69) is 20.2 Å². The lowest BCUT2D eigenvalue weighted by Crippen LogP contribution is -2.38. The van der Waals surface area contributed by atoms with Crippen molar-refractivity contribution in [1.82, 2.24) is 15.0 Å². The Morgan fingerprint density at radius 2 is 1.91 bits per heavy atom. The van der Waals surface area contributed by atoms with Gasteiger partial charge in [0.2, 0.25) is 11.5 Å². The number of carbonyl (C=O) groups excluding carboxylic acids is 1. The molecule has 0 aromatic carbocycles. The summed E-state index contributed by atoms with van der Waals surface area (Å²) in [7, 11) is 3.24. The molecule has 1 amide bonds. The number of ether oxygens (including phenoxy) is 3. The molecule has 0 aliphatic carbocycles. The van der Waals surface area contributed by atoms with Gasteiger partial charge in [-0.1, -0.05) is 0 Å². The highest BCUT2D eigenvalue weighted by atomic mass is 16.5. The van der Waals surface area contributed by atoms with Crippen LogP contribution in [0.25, 0.3) is 11.2 Å². The molecule has 0 unspecified atom stereocenters. The molecular formula is C23H28N6O5. The van der Waals surface area contributed by atoms with Crippen LogP contribution in [0.4, 0.5) is 17.5 Å². The van der Waals surface area contributed by atoms with Crippen molar-refractivity contribution in [2.75, 3.05) is 68.7 Å². The summed E-state index contributed by atoms with van der Waals surface area (Å²) in [6, 6.07) is 5.68. The summed E-state index contributed by atoms with van der Waals surface area (Å²) >= 11 is 0. The van der Waals surface area contributed by atoms with Gasteiger partial charge < -0.3 is 33.7 Å². The van der Waals surface area contributed by atoms with Crippen molar-refractivity contribution in [3.8, 4) is 5.88 Å². The van der Waals surface area contributed by atoms with Gasteiger partial charge >= 0.3 is 0 Å². The minimum atomic E-state index is -0.325. The summed E-state index contributed by atoms with van der Waals surface area (Å²) in [6.45, 7) is 4.07. The first-order chi connectivity index (χ1) is 16.7. The van der Waals surface area contributed by atoms with E-state index in [0.717, 1.165) is 25.9 Å². The van der Waals surface area contributed by atoms with Crippen molar-refractivity contribution in [2.24, 2.45) is 0 Å². The lowest BCUT2D eigenvalue weighted by molar-refractivity contribution is 0.0817. The van der Waals surface area contributed by atoms with E-state index in [9.17, 15) is 4.79 Å². The molecule has 2 aliphatic rings. The van der Waals surface area contributed by atoms with Crippen molar-refractivity contribution < 1.29 is 23.4 Å². The number of rotatable bonds is 6. The van der Waals surface area contributed by atoms with Crippen LogP contribution >= 0.6 is 0 Å². The molecule has 3 aromatic rings. The van der Waals surface area contributed by atoms with Crippen LogP contribution in [-0.4, -0.2) is 80.6 Å². The molecule has 0 spiro atoms. The highest BCUT2D eigenvalue weighted by molar-refractivity contribution is 6.09. The first-order valence-electron chi connectivity index (χ1n) is 11.4. The van der Waals surface area contributed by atoms with Crippen molar-refractivity contribution >= 4 is 34.7 Å². The molecule has 1 N–H and O–H groups in total. The molecule has 180 valence electrons. The summed E-state index contributed by atoms with van der Waals surface area (Å²) in [4.78, 5) is 31.1. The second-order valence-electron chi connectivity index (χ2n) is 8.21. The van der Waals surface area contributed by atoms with Gasteiger partial charge in [0.05, 0.1) is 32.0 Å². The number of nitrogens with zero attached hydrogens (tertiary/aromatic N) is 5. The average Bonchev–Trinajstić information content (AvgIpc) is 3.32. The molecule has 11 heteroatoms. The monoisotopic (exact) mass is 468 g/mol. The zero-order valence-corrected chi connectivity index (χ0v) is 19.3. The number of methoxy groups -OCH3 is 2. The van der Waals surface area contributed by atoms with Crippen LogP contribution in [0, 0.1) is 0 Å². The van der Waals surface area contributed by atoms with E-state index >= 15 is 0 Å². The van der Waals surface area contributed by atoms with Crippen LogP contribution in [0.2, 0.25) is 0 Å². The maximum Gasteiger partial charge on any atom is 0.300 e. The number of hydrogen-bond acceptors (Lipinski definition) is 10. The van der Waals surface area contributed by atoms with Crippen LogP contribution in [-0.2, 0) is 9.47 Å². The lowest BCUT2D eigenvalue weighted by atomic mass is 10.1. The number of anilines is 3. The molecule has 0 bridgehead atoms. The van der Waals surface area contributed by atoms with Crippen molar-refractivity contribution in [1.29, 1.82) is 0 Å². The van der Waals surface area contributed by atoms with E-state index in [4.69, 9.17) is 23.6 Å². The Bertz CT molecular complexity index is 1150. The molecule has 11 nitrogen and oxygen atoms in total. The summed E-state index contributed by atoms with van der Waals surface area (Å²) in [5.74, 6) is 0.583. The van der Waals surface area contributed by atoms with Gasteiger partial charge in [-0.2, -0.15) is 4.98 Å². The number of fused-ring (bicyclic) bond motifs is 1. The van der Waals surface area contributed by atoms with Gasteiger partial charge in [-0.15, -0.1) is 0 Å². The third-order valence-electron chi connectivity index (χ3n) is 6.17. The second-order valence-corrected chi connectivity index (χ2v) is 8.21. The van der Waals surface area contributed by atoms with E-state index in [1.165, 1.54) is 7.11 Å². The normalized spacial score (nSPS) is 17.2. The average molecular weight is 469 g/mol. The first kappa shape index (κ1) is 22.4. The quantitative estimate of drug-likeness (QED) is 0.578. The van der Waals surface area contributed by atoms with Gasteiger partial charge in [0, 0.05) is 45.6 Å². The van der Waals surface area contributed by atoms with E-state index in [0.29, 0.717) is 66.5 Å². The predicted octanol–water partition coefficient (Wildman–Crippen LogP) is 2.33. The van der Waals surface area contributed by atoms with Crippen LogP contribution < -0.4 is 19.9 Å². The van der Waals surface area contributed by atoms with Gasteiger partial charge in [0.15, 0.2) is 5.58 Å². The second kappa shape index (κ2) is 9.82. The molecule has 0 radical (unpaired) electrons. The molecule has 3 aromatic heterocycles. The maximum absolute atomic E-state index is 13.4. The fourth-order valence-corrected chi connectivity index (χ4v) is 4.28. The minimum absolute atomic E-state index is 0.205. The number of aromatic nitrogens is 3. The molecule has 34 heavy (non-hydrogen) atoms. The minimum Gasteiger partial charge on any atom is -0.480 e. The number of oxazole rings is 1. The SMILES string of the molecule is COc1ncccc1NC(=O)c1cc2oc(N3CCOCC3)nc2nc1N1CCC(OC)CC1. The molecule has 2 aliphatic heterocycles. The van der Waals surface area contributed by atoms with Crippen molar-refractivity contribution in [2.45, 2.75) is 18.9 Å². The number of hydrogen-bond donors (Lipinski definition) is 1. The Morgan fingerprint density at radius 1 is 1.12 bits per heavy atom. The van der Waals surface area contributed by atoms with Gasteiger partial charge in [0.1, 0.15) is 11.5 Å². The van der Waals surface area contributed by atoms with Crippen LogP contribution in [0.5, 0.6) is 5.88 Å². The number of nitrogens with one attached hydrogen (secondary N) is 1. The number of carbonyl (C=O) groups is 1. The number of amides is 1. The zero-order valence-electron chi connectivity index (χ0n) is 19.3. The van der Waals surface area contributed by atoms with E-state index in [-0.39, 0.29) is 12.0 Å². The Kier molecular flexibility index (Phi) is 6.45. The van der Waals surface area contributed by atoms with Crippen LogP contribution in [0.15, 0.2) is 28.8 Å².